The third-order valence-corrected chi connectivity index (χ3v) is 4.87. The van der Waals surface area contributed by atoms with Gasteiger partial charge in [0.1, 0.15) is 0 Å². The average molecular weight is 363 g/mol. The highest BCUT2D eigenvalue weighted by Gasteiger charge is 2.13. The van der Waals surface area contributed by atoms with Crippen LogP contribution in [0.2, 0.25) is 20.1 Å². The van der Waals surface area contributed by atoms with E-state index in [1.54, 1.807) is 6.07 Å². The highest BCUT2D eigenvalue weighted by atomic mass is 35.5. The molecule has 0 amide bonds. The van der Waals surface area contributed by atoms with Crippen molar-refractivity contribution in [3.8, 4) is 0 Å². The van der Waals surface area contributed by atoms with Gasteiger partial charge in [0.15, 0.2) is 0 Å². The summed E-state index contributed by atoms with van der Waals surface area (Å²) in [7, 11) is 0. The van der Waals surface area contributed by atoms with Crippen molar-refractivity contribution in [1.29, 1.82) is 0 Å². The molecule has 0 bridgehead atoms. The molecule has 0 spiro atoms. The highest BCUT2D eigenvalue weighted by molar-refractivity contribution is 6.48. The third kappa shape index (κ3) is 4.51. The first kappa shape index (κ1) is 16.9. The minimum absolute atomic E-state index is 0.0968. The predicted molar refractivity (Wildman–Crippen MR) is 93.0 cm³/mol. The maximum atomic E-state index is 6.24. The van der Waals surface area contributed by atoms with E-state index in [1.165, 1.54) is 5.56 Å². The van der Waals surface area contributed by atoms with Gasteiger partial charge in [-0.3, -0.25) is 0 Å². The van der Waals surface area contributed by atoms with Crippen molar-refractivity contribution in [2.45, 2.75) is 19.4 Å². The van der Waals surface area contributed by atoms with Crippen molar-refractivity contribution in [2.24, 2.45) is 0 Å². The fourth-order valence-electron chi connectivity index (χ4n) is 2.07. The number of benzene rings is 2. The Hall–Kier alpha value is -0.440. The molecule has 0 fully saturated rings. The smallest absolute Gasteiger partial charge is 0.0781 e. The molecule has 0 saturated heterocycles. The molecule has 1 nitrogen and oxygen atoms in total. The maximum Gasteiger partial charge on any atom is 0.0781 e. The second-order valence-electron chi connectivity index (χ2n) is 4.82. The molecule has 5 heteroatoms. The first-order valence-corrected chi connectivity index (χ1v) is 8.11. The molecule has 2 aromatic carbocycles. The second-order valence-corrected chi connectivity index (χ2v) is 6.42. The van der Waals surface area contributed by atoms with Crippen LogP contribution in [0.25, 0.3) is 0 Å². The Kier molecular flexibility index (Phi) is 6.21. The molecule has 0 aliphatic heterocycles. The topological polar surface area (TPSA) is 12.0 Å². The molecule has 0 aromatic heterocycles. The summed E-state index contributed by atoms with van der Waals surface area (Å²) in [5, 5.41) is 5.57. The van der Waals surface area contributed by atoms with Crippen LogP contribution >= 0.6 is 46.4 Å². The lowest BCUT2D eigenvalue weighted by Crippen LogP contribution is -2.21. The minimum Gasteiger partial charge on any atom is -0.310 e. The number of hydrogen-bond donors (Lipinski definition) is 1. The normalized spacial score (nSPS) is 12.4. The Bertz CT molecular complexity index is 610. The van der Waals surface area contributed by atoms with Gasteiger partial charge in [-0.25, -0.2) is 0 Å². The van der Waals surface area contributed by atoms with Crippen LogP contribution in [-0.4, -0.2) is 6.54 Å². The Balaban J connectivity index is 1.94. The molecule has 0 heterocycles. The lowest BCUT2D eigenvalue weighted by molar-refractivity contribution is 0.577. The first-order chi connectivity index (χ1) is 9.99. The summed E-state index contributed by atoms with van der Waals surface area (Å²) in [5.41, 5.74) is 2.18. The molecule has 1 N–H and O–H groups in total. The molecule has 0 aliphatic rings. The summed E-state index contributed by atoms with van der Waals surface area (Å²) >= 11 is 24.1. The molecule has 2 rings (SSSR count). The van der Waals surface area contributed by atoms with Gasteiger partial charge in [-0.1, -0.05) is 64.6 Å². The van der Waals surface area contributed by atoms with E-state index in [1.807, 2.05) is 37.3 Å². The average Bonchev–Trinajstić information content (AvgIpc) is 2.47. The summed E-state index contributed by atoms with van der Waals surface area (Å²) in [4.78, 5) is 0. The Morgan fingerprint density at radius 2 is 1.57 bits per heavy atom. The van der Waals surface area contributed by atoms with E-state index >= 15 is 0 Å². The Morgan fingerprint density at radius 3 is 2.24 bits per heavy atom. The minimum atomic E-state index is 0.0968. The molecular formula is C16H15Cl4N. The van der Waals surface area contributed by atoms with Crippen molar-refractivity contribution >= 4 is 46.4 Å². The summed E-state index contributed by atoms with van der Waals surface area (Å²) < 4.78 is 0. The van der Waals surface area contributed by atoms with E-state index < -0.39 is 0 Å². The molecular weight excluding hydrogens is 348 g/mol. The second kappa shape index (κ2) is 7.71. The zero-order chi connectivity index (χ0) is 15.4. The van der Waals surface area contributed by atoms with E-state index in [9.17, 15) is 0 Å². The lowest BCUT2D eigenvalue weighted by Gasteiger charge is -2.17. The fourth-order valence-corrected chi connectivity index (χ4v) is 2.90. The first-order valence-electron chi connectivity index (χ1n) is 6.60. The highest BCUT2D eigenvalue weighted by Crippen LogP contribution is 2.35. The fraction of sp³-hybridized carbons (Fsp3) is 0.250. The van der Waals surface area contributed by atoms with Crippen LogP contribution in [0.5, 0.6) is 0 Å². The van der Waals surface area contributed by atoms with Crippen molar-refractivity contribution in [3.05, 3.63) is 67.6 Å². The van der Waals surface area contributed by atoms with Gasteiger partial charge < -0.3 is 5.32 Å². The number of rotatable bonds is 5. The zero-order valence-electron chi connectivity index (χ0n) is 11.5. The van der Waals surface area contributed by atoms with Crippen LogP contribution in [-0.2, 0) is 6.42 Å². The predicted octanol–water partition coefficient (Wildman–Crippen LogP) is 6.19. The van der Waals surface area contributed by atoms with Gasteiger partial charge in [0.05, 0.1) is 15.1 Å². The number of nitrogens with one attached hydrogen (secondary N) is 1. The van der Waals surface area contributed by atoms with Gasteiger partial charge in [-0.2, -0.15) is 0 Å². The molecule has 21 heavy (non-hydrogen) atoms. The summed E-state index contributed by atoms with van der Waals surface area (Å²) in [5.74, 6) is 0. The molecule has 1 atom stereocenters. The van der Waals surface area contributed by atoms with Crippen molar-refractivity contribution < 1.29 is 0 Å². The SMILES string of the molecule is CC(NCCc1ccc(Cl)cc1)c1ccc(Cl)c(Cl)c1Cl. The third-order valence-electron chi connectivity index (χ3n) is 3.31. The van der Waals surface area contributed by atoms with Crippen molar-refractivity contribution in [3.63, 3.8) is 0 Å². The van der Waals surface area contributed by atoms with Crippen LogP contribution < -0.4 is 5.32 Å². The van der Waals surface area contributed by atoms with Crippen molar-refractivity contribution in [1.82, 2.24) is 5.32 Å². The lowest BCUT2D eigenvalue weighted by atomic mass is 10.1. The largest absolute Gasteiger partial charge is 0.310 e. The summed E-state index contributed by atoms with van der Waals surface area (Å²) in [6.45, 7) is 2.88. The summed E-state index contributed by atoms with van der Waals surface area (Å²) in [6, 6.07) is 11.6. The van der Waals surface area contributed by atoms with Crippen LogP contribution in [0.3, 0.4) is 0 Å². The maximum absolute atomic E-state index is 6.24. The Morgan fingerprint density at radius 1 is 0.905 bits per heavy atom. The molecule has 1 unspecified atom stereocenters. The molecule has 2 aromatic rings. The van der Waals surface area contributed by atoms with Gasteiger partial charge in [0.2, 0.25) is 0 Å². The monoisotopic (exact) mass is 361 g/mol. The quantitative estimate of drug-likeness (QED) is 0.625. The zero-order valence-corrected chi connectivity index (χ0v) is 14.5. The van der Waals surface area contributed by atoms with Gasteiger partial charge >= 0.3 is 0 Å². The molecule has 0 saturated carbocycles. The van der Waals surface area contributed by atoms with Crippen LogP contribution in [0, 0.1) is 0 Å². The van der Waals surface area contributed by atoms with E-state index in [0.29, 0.717) is 15.1 Å². The summed E-state index contributed by atoms with van der Waals surface area (Å²) in [6.07, 6.45) is 0.917. The van der Waals surface area contributed by atoms with E-state index in [-0.39, 0.29) is 6.04 Å². The van der Waals surface area contributed by atoms with Gasteiger partial charge in [-0.15, -0.1) is 0 Å². The van der Waals surface area contributed by atoms with E-state index in [0.717, 1.165) is 23.6 Å². The number of hydrogen-bond acceptors (Lipinski definition) is 1. The molecule has 0 radical (unpaired) electrons. The van der Waals surface area contributed by atoms with Gasteiger partial charge in [-0.05, 0) is 49.2 Å². The molecule has 0 aliphatic carbocycles. The van der Waals surface area contributed by atoms with Gasteiger partial charge in [0.25, 0.3) is 0 Å². The van der Waals surface area contributed by atoms with Crippen LogP contribution in [0.15, 0.2) is 36.4 Å². The van der Waals surface area contributed by atoms with E-state index in [2.05, 4.69) is 5.32 Å². The Labute approximate surface area is 145 Å². The number of halogens is 4. The van der Waals surface area contributed by atoms with Crippen LogP contribution in [0.1, 0.15) is 24.1 Å². The van der Waals surface area contributed by atoms with E-state index in [4.69, 9.17) is 46.4 Å². The standard InChI is InChI=1S/C16H15Cl4N/c1-10(13-6-7-14(18)16(20)15(13)19)21-9-8-11-2-4-12(17)5-3-11/h2-7,10,21H,8-9H2,1H3. The van der Waals surface area contributed by atoms with Crippen LogP contribution in [0.4, 0.5) is 0 Å². The van der Waals surface area contributed by atoms with Gasteiger partial charge in [0, 0.05) is 11.1 Å². The molecule has 112 valence electrons. The van der Waals surface area contributed by atoms with Crippen molar-refractivity contribution in [2.75, 3.05) is 6.54 Å².